The van der Waals surface area contributed by atoms with Gasteiger partial charge in [-0.1, -0.05) is 177 Å². The summed E-state index contributed by atoms with van der Waals surface area (Å²) in [5.74, 6) is 0. The first-order valence-electron chi connectivity index (χ1n) is 22.6. The van der Waals surface area contributed by atoms with E-state index in [0.717, 1.165) is 0 Å². The molecule has 2 nitrogen and oxygen atoms in total. The van der Waals surface area contributed by atoms with Gasteiger partial charge in [-0.2, -0.15) is 0 Å². The molecule has 0 bridgehead atoms. The van der Waals surface area contributed by atoms with Crippen molar-refractivity contribution in [1.29, 1.82) is 0 Å². The van der Waals surface area contributed by atoms with Crippen molar-refractivity contribution in [3.63, 3.8) is 0 Å². The molecule has 0 saturated carbocycles. The van der Waals surface area contributed by atoms with Crippen LogP contribution in [0.2, 0.25) is 0 Å². The Kier molecular flexibility index (Phi) is 9.33. The summed E-state index contributed by atoms with van der Waals surface area (Å²) < 4.78 is 4.54. The van der Waals surface area contributed by atoms with Crippen molar-refractivity contribution in [3.8, 4) is 22.3 Å². The molecular formula is C62H52N2. The van der Waals surface area contributed by atoms with E-state index in [1.165, 1.54) is 126 Å². The van der Waals surface area contributed by atoms with E-state index in [2.05, 4.69) is 246 Å². The first-order valence-corrected chi connectivity index (χ1v) is 22.6. The van der Waals surface area contributed by atoms with Crippen molar-refractivity contribution < 1.29 is 0 Å². The van der Waals surface area contributed by atoms with Crippen LogP contribution in [0.25, 0.3) is 98.2 Å². The molecule has 12 aromatic rings. The average molecular weight is 825 g/mol. The highest BCUT2D eigenvalue weighted by Gasteiger charge is 2.37. The predicted molar refractivity (Wildman–Crippen MR) is 277 cm³/mol. The molecule has 13 rings (SSSR count). The van der Waals surface area contributed by atoms with E-state index in [0.29, 0.717) is 0 Å². The van der Waals surface area contributed by atoms with Crippen LogP contribution < -0.4 is 0 Å². The Morgan fingerprint density at radius 3 is 1.59 bits per heavy atom. The second-order valence-corrected chi connectivity index (χ2v) is 18.4. The van der Waals surface area contributed by atoms with Crippen molar-refractivity contribution in [2.24, 2.45) is 14.1 Å². The first-order chi connectivity index (χ1) is 31.1. The van der Waals surface area contributed by atoms with E-state index in [-0.39, 0.29) is 5.41 Å². The third-order valence-corrected chi connectivity index (χ3v) is 14.1. The number of aryl methyl sites for hydroxylation is 5. The van der Waals surface area contributed by atoms with Gasteiger partial charge in [0.1, 0.15) is 0 Å². The lowest BCUT2D eigenvalue weighted by atomic mass is 9.79. The van der Waals surface area contributed by atoms with Crippen LogP contribution in [-0.2, 0) is 19.5 Å². The van der Waals surface area contributed by atoms with Crippen molar-refractivity contribution in [2.75, 3.05) is 0 Å². The third kappa shape index (κ3) is 6.15. The number of nitrogens with zero attached hydrogens (tertiary/aromatic N) is 2. The van der Waals surface area contributed by atoms with E-state index in [1.807, 2.05) is 0 Å². The van der Waals surface area contributed by atoms with E-state index in [9.17, 15) is 0 Å². The molecule has 0 radical (unpaired) electrons. The molecule has 0 spiro atoms. The molecule has 64 heavy (non-hydrogen) atoms. The fourth-order valence-corrected chi connectivity index (χ4v) is 10.9. The Balaban J connectivity index is 0.000000125. The van der Waals surface area contributed by atoms with Crippen LogP contribution in [0.1, 0.15) is 41.7 Å². The normalized spacial score (nSPS) is 12.7. The van der Waals surface area contributed by atoms with Crippen molar-refractivity contribution in [2.45, 2.75) is 40.0 Å². The number of para-hydroxylation sites is 3. The summed E-state index contributed by atoms with van der Waals surface area (Å²) in [4.78, 5) is 0. The minimum Gasteiger partial charge on any atom is -0.344 e. The maximum atomic E-state index is 2.49. The average Bonchev–Trinajstić information content (AvgIpc) is 3.87. The van der Waals surface area contributed by atoms with Crippen molar-refractivity contribution in [3.05, 3.63) is 216 Å². The van der Waals surface area contributed by atoms with Crippen LogP contribution in [0, 0.1) is 20.8 Å². The van der Waals surface area contributed by atoms with Gasteiger partial charge in [-0.3, -0.25) is 0 Å². The maximum absolute atomic E-state index is 2.49. The van der Waals surface area contributed by atoms with Gasteiger partial charge in [0, 0.05) is 57.6 Å². The molecule has 10 aromatic carbocycles. The predicted octanol–water partition coefficient (Wildman–Crippen LogP) is 16.7. The summed E-state index contributed by atoms with van der Waals surface area (Å²) in [6.45, 7) is 11.3. The molecule has 0 amide bonds. The van der Waals surface area contributed by atoms with Crippen molar-refractivity contribution in [1.82, 2.24) is 9.13 Å². The molecule has 0 unspecified atom stereocenters. The van der Waals surface area contributed by atoms with Gasteiger partial charge in [-0.05, 0) is 128 Å². The van der Waals surface area contributed by atoms with Gasteiger partial charge in [-0.25, -0.2) is 0 Å². The highest BCUT2D eigenvalue weighted by atomic mass is 14.9. The van der Waals surface area contributed by atoms with E-state index >= 15 is 0 Å². The number of hydrogen-bond donors (Lipinski definition) is 0. The monoisotopic (exact) mass is 824 g/mol. The molecule has 0 atom stereocenters. The number of fused-ring (bicyclic) bond motifs is 14. The highest BCUT2D eigenvalue weighted by molar-refractivity contribution is 6.18. The zero-order valence-corrected chi connectivity index (χ0v) is 37.8. The Labute approximate surface area is 375 Å². The number of aromatic nitrogens is 2. The molecule has 2 aromatic heterocycles. The van der Waals surface area contributed by atoms with Crippen LogP contribution in [0.4, 0.5) is 0 Å². The standard InChI is InChI=1S/C34H26.2C14H13N/c1-21-16-17-28-31(18-21)34(2,3)32-20-30(26-14-8-9-15-27(26)33(28)32)29-19-22-10-4-5-11-23(22)24-12-6-7-13-25(24)29;1-10-6-5-8-12-11-7-3-4-9-13(11)15(2)14(10)12;1-10-7-8-12-11-5-3-4-6-13(11)15(2)14(12)9-10/h4-20H,1-3H3;2*3-9H,1-2H3. The number of hydrogen-bond acceptors (Lipinski definition) is 0. The fraction of sp³-hybridized carbons (Fsp3) is 0.129. The van der Waals surface area contributed by atoms with Crippen LogP contribution in [0.15, 0.2) is 188 Å². The van der Waals surface area contributed by atoms with Gasteiger partial charge in [0.25, 0.3) is 0 Å². The minimum absolute atomic E-state index is 0.0396. The van der Waals surface area contributed by atoms with Crippen LogP contribution in [0.5, 0.6) is 0 Å². The van der Waals surface area contributed by atoms with Gasteiger partial charge in [0.2, 0.25) is 0 Å². The largest absolute Gasteiger partial charge is 0.344 e. The lowest BCUT2D eigenvalue weighted by molar-refractivity contribution is 0.660. The molecule has 0 N–H and O–H groups in total. The second-order valence-electron chi connectivity index (χ2n) is 18.4. The summed E-state index contributed by atoms with van der Waals surface area (Å²) in [5.41, 5.74) is 17.5. The first kappa shape index (κ1) is 39.4. The SMILES string of the molecule is Cc1ccc2c(c1)C(C)(C)c1cc(-c3cc4ccccc4c4ccccc34)c3ccccc3c1-2.Cc1ccc2c3ccccc3n(C)c2c1.Cc1cccc2c3ccccc3n(C)c12. The zero-order chi connectivity index (χ0) is 43.9. The maximum Gasteiger partial charge on any atom is 0.0518 e. The van der Waals surface area contributed by atoms with Gasteiger partial charge in [0.15, 0.2) is 0 Å². The lowest BCUT2D eigenvalue weighted by Crippen LogP contribution is -2.15. The van der Waals surface area contributed by atoms with Gasteiger partial charge in [0.05, 0.1) is 5.52 Å². The minimum atomic E-state index is -0.0396. The van der Waals surface area contributed by atoms with Crippen LogP contribution in [0.3, 0.4) is 0 Å². The third-order valence-electron chi connectivity index (χ3n) is 14.1. The molecule has 1 aliphatic rings. The molecule has 0 fully saturated rings. The summed E-state index contributed by atoms with van der Waals surface area (Å²) >= 11 is 0. The Hall–Kier alpha value is -7.42. The topological polar surface area (TPSA) is 9.86 Å². The zero-order valence-electron chi connectivity index (χ0n) is 37.8. The summed E-state index contributed by atoms with van der Waals surface area (Å²) in [7, 11) is 4.27. The molecule has 1 aliphatic carbocycles. The van der Waals surface area contributed by atoms with Crippen LogP contribution in [-0.4, -0.2) is 9.13 Å². The summed E-state index contributed by atoms with van der Waals surface area (Å²) in [6.07, 6.45) is 0. The summed E-state index contributed by atoms with van der Waals surface area (Å²) in [6, 6.07) is 68.7. The smallest absolute Gasteiger partial charge is 0.0518 e. The molecular weight excluding hydrogens is 773 g/mol. The Morgan fingerprint density at radius 2 is 0.859 bits per heavy atom. The molecule has 2 heterocycles. The van der Waals surface area contributed by atoms with E-state index in [1.54, 1.807) is 0 Å². The van der Waals surface area contributed by atoms with E-state index < -0.39 is 0 Å². The number of benzene rings is 10. The second kappa shape index (κ2) is 15.1. The molecule has 0 saturated heterocycles. The molecule has 2 heteroatoms. The quantitative estimate of drug-likeness (QED) is 0.146. The Bertz CT molecular complexity index is 3820. The molecule has 0 aliphatic heterocycles. The Morgan fingerprint density at radius 1 is 0.344 bits per heavy atom. The van der Waals surface area contributed by atoms with Gasteiger partial charge in [-0.15, -0.1) is 0 Å². The summed E-state index contributed by atoms with van der Waals surface area (Å²) in [5, 5.41) is 13.3. The molecule has 310 valence electrons. The van der Waals surface area contributed by atoms with Gasteiger partial charge >= 0.3 is 0 Å². The fourth-order valence-electron chi connectivity index (χ4n) is 10.9. The van der Waals surface area contributed by atoms with Crippen LogP contribution >= 0.6 is 0 Å². The number of rotatable bonds is 1. The van der Waals surface area contributed by atoms with Gasteiger partial charge < -0.3 is 9.13 Å². The lowest BCUT2D eigenvalue weighted by Gasteiger charge is -2.23. The van der Waals surface area contributed by atoms with Crippen molar-refractivity contribution >= 4 is 75.9 Å². The highest BCUT2D eigenvalue weighted by Crippen LogP contribution is 2.54. The van der Waals surface area contributed by atoms with E-state index in [4.69, 9.17) is 0 Å².